The summed E-state index contributed by atoms with van der Waals surface area (Å²) in [6.45, 7) is 1.75. The van der Waals surface area contributed by atoms with Crippen molar-refractivity contribution in [1.82, 2.24) is 5.32 Å². The zero-order valence-electron chi connectivity index (χ0n) is 9.85. The Morgan fingerprint density at radius 3 is 2.59 bits per heavy atom. The van der Waals surface area contributed by atoms with Crippen LogP contribution in [-0.4, -0.2) is 27.3 Å². The van der Waals surface area contributed by atoms with E-state index in [4.69, 9.17) is 21.1 Å². The Kier molecular flexibility index (Phi) is 3.74. The molecule has 3 nitrogen and oxygen atoms in total. The van der Waals surface area contributed by atoms with Crippen molar-refractivity contribution in [3.05, 3.63) is 22.5 Å². The molecule has 2 rings (SSSR count). The van der Waals surface area contributed by atoms with Crippen LogP contribution in [0, 0.1) is 5.82 Å². The number of halogens is 2. The number of nitrogens with one attached hydrogen (secondary N) is 1. The van der Waals surface area contributed by atoms with Crippen LogP contribution in [0.3, 0.4) is 0 Å². The first-order valence-corrected chi connectivity index (χ1v) is 5.87. The minimum absolute atomic E-state index is 0.0400. The number of hydrogen-bond donors (Lipinski definition) is 1. The quantitative estimate of drug-likeness (QED) is 0.905. The summed E-state index contributed by atoms with van der Waals surface area (Å²) in [6, 6.07) is 1.74. The number of ether oxygens (including phenoxy) is 2. The van der Waals surface area contributed by atoms with Gasteiger partial charge in [0.25, 0.3) is 0 Å². The fourth-order valence-electron chi connectivity index (χ4n) is 2.22. The Hall–Kier alpha value is -1.00. The maximum absolute atomic E-state index is 14.1. The molecule has 17 heavy (non-hydrogen) atoms. The zero-order valence-corrected chi connectivity index (χ0v) is 10.6. The van der Waals surface area contributed by atoms with E-state index >= 15 is 0 Å². The van der Waals surface area contributed by atoms with E-state index in [0.29, 0.717) is 0 Å². The third-order valence-corrected chi connectivity index (χ3v) is 3.35. The van der Waals surface area contributed by atoms with Crippen molar-refractivity contribution in [1.29, 1.82) is 0 Å². The van der Waals surface area contributed by atoms with Gasteiger partial charge in [-0.05, 0) is 19.0 Å². The minimum Gasteiger partial charge on any atom is -0.493 e. The highest BCUT2D eigenvalue weighted by atomic mass is 35.5. The van der Waals surface area contributed by atoms with Crippen LogP contribution in [-0.2, 0) is 0 Å². The summed E-state index contributed by atoms with van der Waals surface area (Å²) in [4.78, 5) is 0. The van der Waals surface area contributed by atoms with Gasteiger partial charge in [-0.3, -0.25) is 0 Å². The van der Waals surface area contributed by atoms with E-state index < -0.39 is 5.82 Å². The molecule has 1 heterocycles. The normalized spacial score (nSPS) is 19.4. The standard InChI is InChI=1S/C12H15ClFNO2/c1-16-11-8(7-3-4-15-6-7)5-9(13)12(17-2)10(11)14/h5,7,15H,3-4,6H2,1-2H3. The largest absolute Gasteiger partial charge is 0.493 e. The SMILES string of the molecule is COc1c(Cl)cc(C2CCNC2)c(OC)c1F. The molecule has 0 radical (unpaired) electrons. The van der Waals surface area contributed by atoms with Crippen LogP contribution < -0.4 is 14.8 Å². The van der Waals surface area contributed by atoms with Crippen LogP contribution in [0.4, 0.5) is 4.39 Å². The predicted molar refractivity (Wildman–Crippen MR) is 64.7 cm³/mol. The second-order valence-electron chi connectivity index (χ2n) is 4.02. The van der Waals surface area contributed by atoms with Crippen LogP contribution in [0.25, 0.3) is 0 Å². The van der Waals surface area contributed by atoms with Crippen molar-refractivity contribution < 1.29 is 13.9 Å². The molecular weight excluding hydrogens is 245 g/mol. The van der Waals surface area contributed by atoms with Crippen LogP contribution in [0.1, 0.15) is 17.9 Å². The first kappa shape index (κ1) is 12.5. The van der Waals surface area contributed by atoms with Gasteiger partial charge < -0.3 is 14.8 Å². The van der Waals surface area contributed by atoms with E-state index in [2.05, 4.69) is 5.32 Å². The Morgan fingerprint density at radius 1 is 1.35 bits per heavy atom. The molecule has 1 atom stereocenters. The highest BCUT2D eigenvalue weighted by molar-refractivity contribution is 6.32. The molecule has 5 heteroatoms. The van der Waals surface area contributed by atoms with Crippen molar-refractivity contribution in [3.63, 3.8) is 0 Å². The van der Waals surface area contributed by atoms with Crippen molar-refractivity contribution in [3.8, 4) is 11.5 Å². The average Bonchev–Trinajstić information content (AvgIpc) is 2.82. The second kappa shape index (κ2) is 5.10. The van der Waals surface area contributed by atoms with E-state index in [1.54, 1.807) is 6.07 Å². The first-order chi connectivity index (χ1) is 8.19. The highest BCUT2D eigenvalue weighted by Gasteiger charge is 2.26. The maximum atomic E-state index is 14.1. The molecule has 1 aliphatic heterocycles. The molecule has 1 unspecified atom stereocenters. The van der Waals surface area contributed by atoms with Gasteiger partial charge in [-0.2, -0.15) is 4.39 Å². The third kappa shape index (κ3) is 2.19. The van der Waals surface area contributed by atoms with Crippen LogP contribution in [0.2, 0.25) is 5.02 Å². The summed E-state index contributed by atoms with van der Waals surface area (Å²) in [6.07, 6.45) is 0.957. The molecule has 0 aliphatic carbocycles. The van der Waals surface area contributed by atoms with Crippen LogP contribution in [0.15, 0.2) is 6.07 Å². The lowest BCUT2D eigenvalue weighted by atomic mass is 9.97. The second-order valence-corrected chi connectivity index (χ2v) is 4.43. The van der Waals surface area contributed by atoms with Crippen molar-refractivity contribution in [2.75, 3.05) is 27.3 Å². The lowest BCUT2D eigenvalue weighted by Crippen LogP contribution is -2.09. The minimum atomic E-state index is -0.524. The summed E-state index contributed by atoms with van der Waals surface area (Å²) in [7, 11) is 2.85. The summed E-state index contributed by atoms with van der Waals surface area (Å²) in [5.74, 6) is -0.00886. The van der Waals surface area contributed by atoms with E-state index in [0.717, 1.165) is 25.1 Å². The Labute approximate surface area is 105 Å². The predicted octanol–water partition coefficient (Wildman–Crippen LogP) is 2.57. The number of methoxy groups -OCH3 is 2. The first-order valence-electron chi connectivity index (χ1n) is 5.49. The Morgan fingerprint density at radius 2 is 2.06 bits per heavy atom. The Bertz CT molecular complexity index is 419. The highest BCUT2D eigenvalue weighted by Crippen LogP contribution is 2.41. The smallest absolute Gasteiger partial charge is 0.208 e. The van der Waals surface area contributed by atoms with Crippen molar-refractivity contribution >= 4 is 11.6 Å². The Balaban J connectivity index is 2.51. The average molecular weight is 260 g/mol. The summed E-state index contributed by atoms with van der Waals surface area (Å²) in [5, 5.41) is 3.52. The van der Waals surface area contributed by atoms with E-state index in [1.807, 2.05) is 0 Å². The molecule has 0 spiro atoms. The van der Waals surface area contributed by atoms with E-state index in [-0.39, 0.29) is 22.4 Å². The van der Waals surface area contributed by atoms with Gasteiger partial charge in [-0.1, -0.05) is 11.6 Å². The van der Waals surface area contributed by atoms with Crippen LogP contribution in [0.5, 0.6) is 11.5 Å². The van der Waals surface area contributed by atoms with Gasteiger partial charge in [0.05, 0.1) is 19.2 Å². The van der Waals surface area contributed by atoms with E-state index in [1.165, 1.54) is 14.2 Å². The summed E-state index contributed by atoms with van der Waals surface area (Å²) >= 11 is 6.00. The molecule has 1 aromatic rings. The van der Waals surface area contributed by atoms with Gasteiger partial charge in [0.2, 0.25) is 5.82 Å². The molecule has 0 saturated carbocycles. The zero-order chi connectivity index (χ0) is 12.4. The molecule has 0 bridgehead atoms. The van der Waals surface area contributed by atoms with Gasteiger partial charge in [-0.25, -0.2) is 0 Å². The van der Waals surface area contributed by atoms with Gasteiger partial charge in [0, 0.05) is 18.0 Å². The molecule has 1 fully saturated rings. The molecule has 1 aromatic carbocycles. The molecule has 1 N–H and O–H groups in total. The summed E-state index contributed by atoms with van der Waals surface area (Å²) in [5.41, 5.74) is 0.806. The lowest BCUT2D eigenvalue weighted by molar-refractivity contribution is 0.345. The molecule has 0 aromatic heterocycles. The molecule has 0 amide bonds. The molecule has 1 aliphatic rings. The van der Waals surface area contributed by atoms with Gasteiger partial charge in [0.1, 0.15) is 0 Å². The number of rotatable bonds is 3. The van der Waals surface area contributed by atoms with Crippen LogP contribution >= 0.6 is 11.6 Å². The summed E-state index contributed by atoms with van der Waals surface area (Å²) < 4.78 is 24.2. The maximum Gasteiger partial charge on any atom is 0.208 e. The topological polar surface area (TPSA) is 30.5 Å². The van der Waals surface area contributed by atoms with Gasteiger partial charge in [0.15, 0.2) is 11.5 Å². The number of hydrogen-bond acceptors (Lipinski definition) is 3. The van der Waals surface area contributed by atoms with E-state index in [9.17, 15) is 4.39 Å². The van der Waals surface area contributed by atoms with Crippen molar-refractivity contribution in [2.45, 2.75) is 12.3 Å². The van der Waals surface area contributed by atoms with Gasteiger partial charge >= 0.3 is 0 Å². The fraction of sp³-hybridized carbons (Fsp3) is 0.500. The lowest BCUT2D eigenvalue weighted by Gasteiger charge is -2.17. The molecule has 1 saturated heterocycles. The monoisotopic (exact) mass is 259 g/mol. The molecular formula is C12H15ClFNO2. The van der Waals surface area contributed by atoms with Gasteiger partial charge in [-0.15, -0.1) is 0 Å². The fourth-order valence-corrected chi connectivity index (χ4v) is 2.50. The molecule has 94 valence electrons. The third-order valence-electron chi connectivity index (χ3n) is 3.07. The van der Waals surface area contributed by atoms with Crippen molar-refractivity contribution in [2.24, 2.45) is 0 Å². The number of benzene rings is 1.